The van der Waals surface area contributed by atoms with E-state index in [2.05, 4.69) is 0 Å². The number of aryl methyl sites for hydroxylation is 1. The van der Waals surface area contributed by atoms with Crippen LogP contribution in [0.4, 0.5) is 5.69 Å². The molecule has 0 spiro atoms. The molecule has 0 aromatic heterocycles. The number of nitro groups is 1. The molecule has 0 atom stereocenters. The van der Waals surface area contributed by atoms with Gasteiger partial charge in [-0.3, -0.25) is 10.1 Å². The molecular weight excluding hydrogens is 278 g/mol. The lowest BCUT2D eigenvalue weighted by Gasteiger charge is -2.07. The smallest absolute Gasteiger partial charge is 0.258 e. The Kier molecular flexibility index (Phi) is 3.85. The predicted octanol–water partition coefficient (Wildman–Crippen LogP) is 2.88. The maximum Gasteiger partial charge on any atom is 0.269 e. The van der Waals surface area contributed by atoms with Crippen LogP contribution in [0.5, 0.6) is 0 Å². The zero-order valence-electron chi connectivity index (χ0n) is 10.8. The van der Waals surface area contributed by atoms with Crippen molar-refractivity contribution in [1.29, 1.82) is 0 Å². The van der Waals surface area contributed by atoms with Crippen LogP contribution in [0, 0.1) is 17.0 Å². The number of hydrogen-bond donors (Lipinski definition) is 0. The highest BCUT2D eigenvalue weighted by Crippen LogP contribution is 2.22. The van der Waals surface area contributed by atoms with Gasteiger partial charge in [-0.05, 0) is 30.2 Å². The molecule has 2 aromatic carbocycles. The number of hydrogen-bond acceptors (Lipinski definition) is 4. The van der Waals surface area contributed by atoms with Crippen LogP contribution in [0.1, 0.15) is 11.1 Å². The van der Waals surface area contributed by atoms with Gasteiger partial charge in [-0.2, -0.15) is 0 Å². The topological polar surface area (TPSA) is 77.3 Å². The minimum Gasteiger partial charge on any atom is -0.258 e. The number of nitrogens with zero attached hydrogens (tertiary/aromatic N) is 1. The Bertz CT molecular complexity index is 739. The van der Waals surface area contributed by atoms with Crippen LogP contribution >= 0.6 is 0 Å². The Morgan fingerprint density at radius 3 is 2.30 bits per heavy atom. The van der Waals surface area contributed by atoms with Gasteiger partial charge in [0.15, 0.2) is 9.84 Å². The third-order valence-electron chi connectivity index (χ3n) is 2.98. The number of nitro benzene ring substituents is 1. The quantitative estimate of drug-likeness (QED) is 0.641. The fourth-order valence-electron chi connectivity index (χ4n) is 1.87. The summed E-state index contributed by atoms with van der Waals surface area (Å²) in [4.78, 5) is 10.4. The van der Waals surface area contributed by atoms with Gasteiger partial charge in [0, 0.05) is 12.1 Å². The molecule has 0 amide bonds. The van der Waals surface area contributed by atoms with Gasteiger partial charge in [-0.25, -0.2) is 8.42 Å². The summed E-state index contributed by atoms with van der Waals surface area (Å²) in [6.45, 7) is 1.67. The van der Waals surface area contributed by atoms with Gasteiger partial charge in [-0.15, -0.1) is 0 Å². The first-order chi connectivity index (χ1) is 9.40. The molecule has 0 saturated heterocycles. The summed E-state index contributed by atoms with van der Waals surface area (Å²) in [7, 11) is -3.44. The maximum absolute atomic E-state index is 12.2. The zero-order valence-corrected chi connectivity index (χ0v) is 11.6. The third-order valence-corrected chi connectivity index (χ3v) is 4.67. The zero-order chi connectivity index (χ0) is 14.8. The molecule has 5 nitrogen and oxygen atoms in total. The van der Waals surface area contributed by atoms with E-state index in [1.807, 2.05) is 0 Å². The second-order valence-corrected chi connectivity index (χ2v) is 6.43. The van der Waals surface area contributed by atoms with E-state index in [1.165, 1.54) is 30.3 Å². The van der Waals surface area contributed by atoms with Gasteiger partial charge in [0.25, 0.3) is 5.69 Å². The molecule has 0 heterocycles. The SMILES string of the molecule is Cc1cc([N+](=O)[O-])ccc1CS(=O)(=O)c1ccccc1. The maximum atomic E-state index is 12.2. The standard InChI is InChI=1S/C14H13NO4S/c1-11-9-13(15(16)17)8-7-12(11)10-20(18,19)14-5-3-2-4-6-14/h2-9H,10H2,1H3. The van der Waals surface area contributed by atoms with E-state index in [0.29, 0.717) is 11.1 Å². The molecule has 2 aromatic rings. The summed E-state index contributed by atoms with van der Waals surface area (Å²) in [5.41, 5.74) is 1.13. The monoisotopic (exact) mass is 291 g/mol. The first kappa shape index (κ1) is 14.2. The molecule has 0 unspecified atom stereocenters. The number of rotatable bonds is 4. The second kappa shape index (κ2) is 5.42. The highest BCUT2D eigenvalue weighted by molar-refractivity contribution is 7.90. The normalized spacial score (nSPS) is 11.2. The van der Waals surface area contributed by atoms with Crippen LogP contribution in [-0.2, 0) is 15.6 Å². The van der Waals surface area contributed by atoms with Crippen molar-refractivity contribution in [3.05, 3.63) is 69.8 Å². The van der Waals surface area contributed by atoms with E-state index in [9.17, 15) is 18.5 Å². The average molecular weight is 291 g/mol. The third kappa shape index (κ3) is 3.03. The van der Waals surface area contributed by atoms with Crippen molar-refractivity contribution >= 4 is 15.5 Å². The lowest BCUT2D eigenvalue weighted by Crippen LogP contribution is -2.06. The summed E-state index contributed by atoms with van der Waals surface area (Å²) >= 11 is 0. The van der Waals surface area contributed by atoms with E-state index in [0.717, 1.165) is 0 Å². The van der Waals surface area contributed by atoms with Gasteiger partial charge in [0.2, 0.25) is 0 Å². The Labute approximate surface area is 116 Å². The van der Waals surface area contributed by atoms with Gasteiger partial charge >= 0.3 is 0 Å². The molecular formula is C14H13NO4S. The predicted molar refractivity (Wildman–Crippen MR) is 75.2 cm³/mol. The highest BCUT2D eigenvalue weighted by Gasteiger charge is 2.17. The Hall–Kier alpha value is -2.21. The minimum absolute atomic E-state index is 0.0386. The summed E-state index contributed by atoms with van der Waals surface area (Å²) in [5.74, 6) is -0.166. The Morgan fingerprint density at radius 1 is 1.10 bits per heavy atom. The molecule has 0 radical (unpaired) electrons. The summed E-state index contributed by atoms with van der Waals surface area (Å²) in [5, 5.41) is 10.7. The van der Waals surface area contributed by atoms with Gasteiger partial charge in [-0.1, -0.05) is 24.3 Å². The minimum atomic E-state index is -3.44. The molecule has 6 heteroatoms. The number of benzene rings is 2. The largest absolute Gasteiger partial charge is 0.269 e. The van der Waals surface area contributed by atoms with Gasteiger partial charge < -0.3 is 0 Å². The van der Waals surface area contributed by atoms with Crippen LogP contribution < -0.4 is 0 Å². The number of sulfone groups is 1. The molecule has 0 fully saturated rings. The molecule has 2 rings (SSSR count). The Balaban J connectivity index is 2.33. The summed E-state index contributed by atoms with van der Waals surface area (Å²) in [6, 6.07) is 12.3. The van der Waals surface area contributed by atoms with E-state index >= 15 is 0 Å². The van der Waals surface area contributed by atoms with Crippen LogP contribution in [0.15, 0.2) is 53.4 Å². The first-order valence-electron chi connectivity index (χ1n) is 5.92. The molecule has 0 aliphatic heterocycles. The molecule has 0 bridgehead atoms. The van der Waals surface area contributed by atoms with E-state index < -0.39 is 14.8 Å². The molecule has 0 saturated carbocycles. The second-order valence-electron chi connectivity index (χ2n) is 4.44. The number of non-ortho nitro benzene ring substituents is 1. The van der Waals surface area contributed by atoms with Crippen molar-refractivity contribution in [3.8, 4) is 0 Å². The van der Waals surface area contributed by atoms with E-state index in [-0.39, 0.29) is 16.3 Å². The van der Waals surface area contributed by atoms with Crippen molar-refractivity contribution < 1.29 is 13.3 Å². The van der Waals surface area contributed by atoms with Crippen molar-refractivity contribution in [2.75, 3.05) is 0 Å². The lowest BCUT2D eigenvalue weighted by molar-refractivity contribution is -0.384. The molecule has 0 aliphatic carbocycles. The van der Waals surface area contributed by atoms with Crippen molar-refractivity contribution in [1.82, 2.24) is 0 Å². The average Bonchev–Trinajstić information content (AvgIpc) is 2.41. The molecule has 20 heavy (non-hydrogen) atoms. The summed E-state index contributed by atoms with van der Waals surface area (Å²) in [6.07, 6.45) is 0. The van der Waals surface area contributed by atoms with Crippen molar-refractivity contribution in [2.24, 2.45) is 0 Å². The Morgan fingerprint density at radius 2 is 1.75 bits per heavy atom. The van der Waals surface area contributed by atoms with Crippen LogP contribution in [0.3, 0.4) is 0 Å². The van der Waals surface area contributed by atoms with Crippen LogP contribution in [0.2, 0.25) is 0 Å². The van der Waals surface area contributed by atoms with Gasteiger partial charge in [0.05, 0.1) is 15.6 Å². The summed E-state index contributed by atoms with van der Waals surface area (Å²) < 4.78 is 24.5. The van der Waals surface area contributed by atoms with E-state index in [4.69, 9.17) is 0 Å². The lowest BCUT2D eigenvalue weighted by atomic mass is 10.1. The van der Waals surface area contributed by atoms with Crippen LogP contribution in [-0.4, -0.2) is 13.3 Å². The fourth-order valence-corrected chi connectivity index (χ4v) is 3.34. The van der Waals surface area contributed by atoms with Crippen molar-refractivity contribution in [3.63, 3.8) is 0 Å². The molecule has 0 aliphatic rings. The fraction of sp³-hybridized carbons (Fsp3) is 0.143. The van der Waals surface area contributed by atoms with Gasteiger partial charge in [0.1, 0.15) is 0 Å². The van der Waals surface area contributed by atoms with E-state index in [1.54, 1.807) is 25.1 Å². The molecule has 104 valence electrons. The first-order valence-corrected chi connectivity index (χ1v) is 7.57. The highest BCUT2D eigenvalue weighted by atomic mass is 32.2. The van der Waals surface area contributed by atoms with Crippen molar-refractivity contribution in [2.45, 2.75) is 17.6 Å². The molecule has 0 N–H and O–H groups in total. The van der Waals surface area contributed by atoms with Crippen LogP contribution in [0.25, 0.3) is 0 Å².